The van der Waals surface area contributed by atoms with E-state index in [0.717, 1.165) is 19.3 Å². The molecule has 2 heteroatoms. The van der Waals surface area contributed by atoms with Gasteiger partial charge in [0.25, 0.3) is 0 Å². The molecule has 0 amide bonds. The predicted molar refractivity (Wildman–Crippen MR) is 80.9 cm³/mol. The molecule has 1 unspecified atom stereocenters. The molecular weight excluding hydrogens is 248 g/mol. The minimum atomic E-state index is -0.0343. The van der Waals surface area contributed by atoms with Crippen LogP contribution in [0.3, 0.4) is 0 Å². The van der Waals surface area contributed by atoms with Crippen LogP contribution in [0.25, 0.3) is 0 Å². The molecule has 0 spiro atoms. The molecule has 1 aromatic rings. The largest absolute Gasteiger partial charge is 0.293 e. The van der Waals surface area contributed by atoms with Gasteiger partial charge < -0.3 is 0 Å². The number of carbonyl (C=O) groups is 2. The van der Waals surface area contributed by atoms with E-state index in [0.29, 0.717) is 17.0 Å². The van der Waals surface area contributed by atoms with Gasteiger partial charge in [-0.2, -0.15) is 0 Å². The number of unbranched alkanes of at least 4 members (excludes halogenated alkanes) is 3. The summed E-state index contributed by atoms with van der Waals surface area (Å²) in [6.45, 7) is 4.26. The molecule has 0 saturated heterocycles. The van der Waals surface area contributed by atoms with Crippen molar-refractivity contribution in [2.75, 3.05) is 0 Å². The number of ketones is 2. The second-order valence-electron chi connectivity index (χ2n) is 5.57. The van der Waals surface area contributed by atoms with Crippen LogP contribution in [0.15, 0.2) is 24.3 Å². The van der Waals surface area contributed by atoms with Crippen LogP contribution in [-0.4, -0.2) is 11.6 Å². The summed E-state index contributed by atoms with van der Waals surface area (Å²) in [5, 5.41) is 0. The lowest BCUT2D eigenvalue weighted by Crippen LogP contribution is -2.22. The smallest absolute Gasteiger partial charge is 0.179 e. The first-order chi connectivity index (χ1) is 9.70. The lowest BCUT2D eigenvalue weighted by Gasteiger charge is -2.18. The Kier molecular flexibility index (Phi) is 5.11. The summed E-state index contributed by atoms with van der Waals surface area (Å²) in [6.07, 6.45) is 6.55. The molecule has 0 fully saturated rings. The Morgan fingerprint density at radius 1 is 0.900 bits per heavy atom. The third kappa shape index (κ3) is 2.84. The summed E-state index contributed by atoms with van der Waals surface area (Å²) in [5.41, 5.74) is 1.19. The Hall–Kier alpha value is -1.44. The molecule has 0 aliphatic heterocycles. The maximum atomic E-state index is 12.4. The molecule has 2 rings (SSSR count). The molecular formula is C18H23O2. The number of carbonyl (C=O) groups excluding carboxylic acids is 2. The number of hydrogen-bond donors (Lipinski definition) is 0. The van der Waals surface area contributed by atoms with Crippen LogP contribution >= 0.6 is 0 Å². The highest BCUT2D eigenvalue weighted by Gasteiger charge is 2.42. The van der Waals surface area contributed by atoms with Gasteiger partial charge >= 0.3 is 0 Å². The lowest BCUT2D eigenvalue weighted by molar-refractivity contribution is 0.0919. The van der Waals surface area contributed by atoms with Crippen molar-refractivity contribution in [2.24, 2.45) is 5.92 Å². The monoisotopic (exact) mass is 271 g/mol. The molecule has 1 aromatic carbocycles. The molecule has 0 N–H and O–H groups in total. The molecule has 0 bridgehead atoms. The van der Waals surface area contributed by atoms with Crippen LogP contribution in [0.4, 0.5) is 0 Å². The van der Waals surface area contributed by atoms with Crippen molar-refractivity contribution < 1.29 is 9.59 Å². The Morgan fingerprint density at radius 3 is 2.00 bits per heavy atom. The average Bonchev–Trinajstić information content (AvgIpc) is 2.73. The van der Waals surface area contributed by atoms with Gasteiger partial charge in [-0.1, -0.05) is 70.2 Å². The van der Waals surface area contributed by atoms with E-state index in [1.165, 1.54) is 19.3 Å². The predicted octanol–water partition coefficient (Wildman–Crippen LogP) is 4.64. The van der Waals surface area contributed by atoms with Crippen molar-refractivity contribution >= 4 is 11.6 Å². The van der Waals surface area contributed by atoms with Crippen LogP contribution in [-0.2, 0) is 0 Å². The van der Waals surface area contributed by atoms with E-state index < -0.39 is 0 Å². The van der Waals surface area contributed by atoms with E-state index in [9.17, 15) is 9.59 Å². The molecule has 1 atom stereocenters. The second kappa shape index (κ2) is 6.83. The first-order valence-electron chi connectivity index (χ1n) is 7.75. The van der Waals surface area contributed by atoms with Gasteiger partial charge in [-0.05, 0) is 12.3 Å². The van der Waals surface area contributed by atoms with Crippen molar-refractivity contribution in [1.82, 2.24) is 0 Å². The number of Topliss-reactive ketones (excluding diaryl/α,β-unsaturated/α-hetero) is 2. The minimum Gasteiger partial charge on any atom is -0.293 e. The fourth-order valence-corrected chi connectivity index (χ4v) is 3.01. The standard InChI is InChI=1S/C18H23O2/c1-3-5-6-7-10-13(4-2)16-17(19)14-11-8-9-12-15(14)18(16)20/h8-9,11-13H,3-7,10H2,1-2H3. The first kappa shape index (κ1) is 15.0. The number of benzene rings is 1. The number of hydrogen-bond acceptors (Lipinski definition) is 2. The van der Waals surface area contributed by atoms with Gasteiger partial charge in [-0.25, -0.2) is 0 Å². The van der Waals surface area contributed by atoms with Crippen molar-refractivity contribution in [2.45, 2.75) is 52.4 Å². The topological polar surface area (TPSA) is 34.1 Å². The number of rotatable bonds is 7. The van der Waals surface area contributed by atoms with E-state index in [1.54, 1.807) is 12.1 Å². The zero-order chi connectivity index (χ0) is 14.5. The van der Waals surface area contributed by atoms with E-state index in [1.807, 2.05) is 12.1 Å². The molecule has 107 valence electrons. The van der Waals surface area contributed by atoms with Gasteiger partial charge in [-0.15, -0.1) is 0 Å². The first-order valence-corrected chi connectivity index (χ1v) is 7.75. The van der Waals surface area contributed by atoms with Crippen molar-refractivity contribution in [3.05, 3.63) is 41.3 Å². The maximum Gasteiger partial charge on any atom is 0.179 e. The SMILES string of the molecule is CCCCCCC(CC)[C]1C(=O)c2ccccc2C1=O. The molecule has 1 aliphatic carbocycles. The Morgan fingerprint density at radius 2 is 1.50 bits per heavy atom. The van der Waals surface area contributed by atoms with Crippen molar-refractivity contribution in [1.29, 1.82) is 0 Å². The van der Waals surface area contributed by atoms with Gasteiger partial charge in [0.2, 0.25) is 0 Å². The Balaban J connectivity index is 2.08. The second-order valence-corrected chi connectivity index (χ2v) is 5.57. The fourth-order valence-electron chi connectivity index (χ4n) is 3.01. The maximum absolute atomic E-state index is 12.4. The van der Waals surface area contributed by atoms with Crippen molar-refractivity contribution in [3.8, 4) is 0 Å². The van der Waals surface area contributed by atoms with Crippen LogP contribution in [0.2, 0.25) is 0 Å². The Bertz CT molecular complexity index is 455. The third-order valence-corrected chi connectivity index (χ3v) is 4.21. The van der Waals surface area contributed by atoms with Gasteiger partial charge in [0.1, 0.15) is 5.92 Å². The molecule has 0 aromatic heterocycles. The van der Waals surface area contributed by atoms with Crippen molar-refractivity contribution in [3.63, 3.8) is 0 Å². The molecule has 20 heavy (non-hydrogen) atoms. The van der Waals surface area contributed by atoms with E-state index in [2.05, 4.69) is 13.8 Å². The fraction of sp³-hybridized carbons (Fsp3) is 0.500. The van der Waals surface area contributed by atoms with Gasteiger partial charge in [0.05, 0.1) is 0 Å². The highest BCUT2D eigenvalue weighted by atomic mass is 16.2. The van der Waals surface area contributed by atoms with Gasteiger partial charge in [-0.3, -0.25) is 9.59 Å². The zero-order valence-electron chi connectivity index (χ0n) is 12.4. The molecule has 0 heterocycles. The van der Waals surface area contributed by atoms with Gasteiger partial charge in [0, 0.05) is 11.1 Å². The van der Waals surface area contributed by atoms with Crippen LogP contribution in [0.1, 0.15) is 73.1 Å². The molecule has 2 nitrogen and oxygen atoms in total. The highest BCUT2D eigenvalue weighted by Crippen LogP contribution is 2.37. The normalized spacial score (nSPS) is 16.5. The number of fused-ring (bicyclic) bond motifs is 1. The van der Waals surface area contributed by atoms with Crippen LogP contribution in [0.5, 0.6) is 0 Å². The summed E-state index contributed by atoms with van der Waals surface area (Å²) in [5.74, 6) is 0.588. The molecule has 1 radical (unpaired) electrons. The molecule has 1 aliphatic rings. The van der Waals surface area contributed by atoms with E-state index in [4.69, 9.17) is 0 Å². The summed E-state index contributed by atoms with van der Waals surface area (Å²) in [6, 6.07) is 7.20. The summed E-state index contributed by atoms with van der Waals surface area (Å²) < 4.78 is 0. The van der Waals surface area contributed by atoms with E-state index in [-0.39, 0.29) is 17.5 Å². The summed E-state index contributed by atoms with van der Waals surface area (Å²) in [7, 11) is 0. The van der Waals surface area contributed by atoms with E-state index >= 15 is 0 Å². The lowest BCUT2D eigenvalue weighted by atomic mass is 9.82. The summed E-state index contributed by atoms with van der Waals surface area (Å²) in [4.78, 5) is 24.9. The average molecular weight is 271 g/mol. The highest BCUT2D eigenvalue weighted by molar-refractivity contribution is 6.36. The minimum absolute atomic E-state index is 0.0343. The zero-order valence-corrected chi connectivity index (χ0v) is 12.4. The Labute approximate surface area is 121 Å². The summed E-state index contributed by atoms with van der Waals surface area (Å²) >= 11 is 0. The van der Waals surface area contributed by atoms with Crippen LogP contribution < -0.4 is 0 Å². The quantitative estimate of drug-likeness (QED) is 0.677. The molecule has 0 saturated carbocycles. The third-order valence-electron chi connectivity index (χ3n) is 4.21. The van der Waals surface area contributed by atoms with Crippen LogP contribution in [0, 0.1) is 11.8 Å². The van der Waals surface area contributed by atoms with Gasteiger partial charge in [0.15, 0.2) is 11.6 Å².